The lowest BCUT2D eigenvalue weighted by molar-refractivity contribution is -0.125. The number of methoxy groups -OCH3 is 1. The lowest BCUT2D eigenvalue weighted by atomic mass is 9.98. The lowest BCUT2D eigenvalue weighted by Gasteiger charge is -2.27. The molecule has 6 heteroatoms. The number of nitrogens with zero attached hydrogens (tertiary/aromatic N) is 2. The highest BCUT2D eigenvalue weighted by Gasteiger charge is 2.29. The van der Waals surface area contributed by atoms with Crippen LogP contribution in [0.5, 0.6) is 5.75 Å². The minimum atomic E-state index is -0.0316. The van der Waals surface area contributed by atoms with Crippen LogP contribution in [0.15, 0.2) is 83.4 Å². The van der Waals surface area contributed by atoms with Crippen molar-refractivity contribution < 1.29 is 14.1 Å². The third kappa shape index (κ3) is 4.47. The molecule has 1 aromatic heterocycles. The van der Waals surface area contributed by atoms with Crippen LogP contribution < -0.4 is 4.74 Å². The number of amides is 1. The minimum Gasteiger partial charge on any atom is -0.497 e. The Morgan fingerprint density at radius 1 is 1.03 bits per heavy atom. The van der Waals surface area contributed by atoms with Gasteiger partial charge in [-0.05, 0) is 53.6 Å². The molecule has 5 nitrogen and oxygen atoms in total. The van der Waals surface area contributed by atoms with Crippen molar-refractivity contribution in [3.8, 4) is 17.1 Å². The molecule has 0 N–H and O–H groups in total. The largest absolute Gasteiger partial charge is 0.497 e. The zero-order valence-electron chi connectivity index (χ0n) is 18.7. The SMILES string of the molecule is COc1ccc(/C=C(/C(=O)N2CCc3noc(-c4ccc(Cl)cc4)c3C2)c2ccccc2)cc1. The predicted molar refractivity (Wildman–Crippen MR) is 133 cm³/mol. The number of carbonyl (C=O) groups is 1. The first-order valence-corrected chi connectivity index (χ1v) is 11.4. The highest BCUT2D eigenvalue weighted by molar-refractivity contribution is 6.30. The molecule has 0 fully saturated rings. The fraction of sp³-hybridized carbons (Fsp3) is 0.143. The number of halogens is 1. The molecule has 0 saturated carbocycles. The van der Waals surface area contributed by atoms with E-state index >= 15 is 0 Å². The van der Waals surface area contributed by atoms with Crippen molar-refractivity contribution in [2.45, 2.75) is 13.0 Å². The molecule has 0 spiro atoms. The summed E-state index contributed by atoms with van der Waals surface area (Å²) in [6, 6.07) is 24.9. The fourth-order valence-corrected chi connectivity index (χ4v) is 4.26. The summed E-state index contributed by atoms with van der Waals surface area (Å²) in [5, 5.41) is 4.92. The molecule has 5 rings (SSSR count). The molecule has 0 bridgehead atoms. The van der Waals surface area contributed by atoms with Gasteiger partial charge in [-0.15, -0.1) is 0 Å². The Kier molecular flexibility index (Phi) is 6.19. The molecule has 0 unspecified atom stereocenters. The van der Waals surface area contributed by atoms with Crippen molar-refractivity contribution in [1.82, 2.24) is 10.1 Å². The van der Waals surface area contributed by atoms with E-state index in [0.29, 0.717) is 35.9 Å². The number of ether oxygens (including phenoxy) is 1. The first-order chi connectivity index (χ1) is 16.6. The molecule has 4 aromatic rings. The maximum atomic E-state index is 13.8. The van der Waals surface area contributed by atoms with E-state index in [2.05, 4.69) is 5.16 Å². The first kappa shape index (κ1) is 22.0. The van der Waals surface area contributed by atoms with Crippen LogP contribution >= 0.6 is 11.6 Å². The lowest BCUT2D eigenvalue weighted by Crippen LogP contribution is -2.36. The van der Waals surface area contributed by atoms with Gasteiger partial charge in [-0.1, -0.05) is 59.2 Å². The van der Waals surface area contributed by atoms with E-state index in [4.69, 9.17) is 20.9 Å². The number of rotatable bonds is 5. The summed E-state index contributed by atoms with van der Waals surface area (Å²) in [6.07, 6.45) is 2.57. The van der Waals surface area contributed by atoms with Gasteiger partial charge in [0, 0.05) is 34.7 Å². The summed E-state index contributed by atoms with van der Waals surface area (Å²) in [7, 11) is 1.64. The van der Waals surface area contributed by atoms with Crippen molar-refractivity contribution in [2.75, 3.05) is 13.7 Å². The highest BCUT2D eigenvalue weighted by Crippen LogP contribution is 2.32. The summed E-state index contributed by atoms with van der Waals surface area (Å²) in [4.78, 5) is 15.7. The van der Waals surface area contributed by atoms with Gasteiger partial charge in [-0.25, -0.2) is 0 Å². The van der Waals surface area contributed by atoms with Crippen molar-refractivity contribution in [1.29, 1.82) is 0 Å². The zero-order valence-corrected chi connectivity index (χ0v) is 19.5. The Hall–Kier alpha value is -3.83. The summed E-state index contributed by atoms with van der Waals surface area (Å²) in [5.74, 6) is 1.43. The Bertz CT molecular complexity index is 1330. The Balaban J connectivity index is 1.48. The summed E-state index contributed by atoms with van der Waals surface area (Å²) in [6.45, 7) is 1.01. The van der Waals surface area contributed by atoms with Crippen LogP contribution in [0.25, 0.3) is 23.0 Å². The minimum absolute atomic E-state index is 0.0316. The van der Waals surface area contributed by atoms with Gasteiger partial charge in [0.15, 0.2) is 5.76 Å². The number of carbonyl (C=O) groups excluding carboxylic acids is 1. The number of aromatic nitrogens is 1. The molecule has 3 aromatic carbocycles. The molecule has 2 heterocycles. The molecular weight excluding hydrogens is 448 g/mol. The van der Waals surface area contributed by atoms with E-state index in [9.17, 15) is 4.79 Å². The van der Waals surface area contributed by atoms with Crippen LogP contribution in [0, 0.1) is 0 Å². The molecule has 1 aliphatic rings. The Morgan fingerprint density at radius 3 is 2.47 bits per heavy atom. The van der Waals surface area contributed by atoms with Crippen LogP contribution in [-0.2, 0) is 17.8 Å². The third-order valence-corrected chi connectivity index (χ3v) is 6.22. The molecule has 34 heavy (non-hydrogen) atoms. The van der Waals surface area contributed by atoms with E-state index < -0.39 is 0 Å². The molecule has 170 valence electrons. The van der Waals surface area contributed by atoms with Crippen LogP contribution in [-0.4, -0.2) is 29.6 Å². The molecule has 0 radical (unpaired) electrons. The quantitative estimate of drug-likeness (QED) is 0.260. The van der Waals surface area contributed by atoms with Gasteiger partial charge in [0.2, 0.25) is 0 Å². The van der Waals surface area contributed by atoms with Crippen LogP contribution in [0.1, 0.15) is 22.4 Å². The molecule has 0 saturated heterocycles. The van der Waals surface area contributed by atoms with Gasteiger partial charge in [-0.3, -0.25) is 4.79 Å². The maximum absolute atomic E-state index is 13.8. The number of benzene rings is 3. The summed E-state index contributed by atoms with van der Waals surface area (Å²) < 4.78 is 10.9. The molecular formula is C28H23ClN2O3. The molecule has 1 amide bonds. The second-order valence-corrected chi connectivity index (χ2v) is 8.55. The number of hydrogen-bond acceptors (Lipinski definition) is 4. The molecule has 0 aliphatic carbocycles. The smallest absolute Gasteiger partial charge is 0.254 e. The van der Waals surface area contributed by atoms with E-state index in [-0.39, 0.29) is 5.91 Å². The Labute approximate surface area is 203 Å². The monoisotopic (exact) mass is 470 g/mol. The van der Waals surface area contributed by atoms with Gasteiger partial charge in [0.25, 0.3) is 5.91 Å². The third-order valence-electron chi connectivity index (χ3n) is 5.97. The summed E-state index contributed by atoms with van der Waals surface area (Å²) in [5.41, 5.74) is 5.17. The van der Waals surface area contributed by atoms with Crippen molar-refractivity contribution in [3.63, 3.8) is 0 Å². The van der Waals surface area contributed by atoms with Gasteiger partial charge in [-0.2, -0.15) is 0 Å². The van der Waals surface area contributed by atoms with E-state index in [1.165, 1.54) is 0 Å². The highest BCUT2D eigenvalue weighted by atomic mass is 35.5. The summed E-state index contributed by atoms with van der Waals surface area (Å²) >= 11 is 6.05. The van der Waals surface area contributed by atoms with Gasteiger partial charge >= 0.3 is 0 Å². The average molecular weight is 471 g/mol. The van der Waals surface area contributed by atoms with E-state index in [1.54, 1.807) is 7.11 Å². The van der Waals surface area contributed by atoms with Gasteiger partial charge < -0.3 is 14.2 Å². The second kappa shape index (κ2) is 9.57. The second-order valence-electron chi connectivity index (χ2n) is 8.12. The van der Waals surface area contributed by atoms with E-state index in [1.807, 2.05) is 89.8 Å². The number of fused-ring (bicyclic) bond motifs is 1. The first-order valence-electron chi connectivity index (χ1n) is 11.1. The fourth-order valence-electron chi connectivity index (χ4n) is 4.14. The maximum Gasteiger partial charge on any atom is 0.254 e. The standard InChI is InChI=1S/C28H23ClN2O3/c1-33-23-13-7-19(8-14-23)17-24(20-5-3-2-4-6-20)28(32)31-16-15-26-25(18-31)27(34-30-26)21-9-11-22(29)12-10-21/h2-14,17H,15-16,18H2,1H3/b24-17+. The predicted octanol–water partition coefficient (Wildman–Crippen LogP) is 6.13. The van der Waals surface area contributed by atoms with E-state index in [0.717, 1.165) is 33.7 Å². The van der Waals surface area contributed by atoms with Crippen molar-refractivity contribution in [2.24, 2.45) is 0 Å². The van der Waals surface area contributed by atoms with Crippen molar-refractivity contribution in [3.05, 3.63) is 106 Å². The topological polar surface area (TPSA) is 55.6 Å². The van der Waals surface area contributed by atoms with Gasteiger partial charge in [0.1, 0.15) is 5.75 Å². The number of hydrogen-bond donors (Lipinski definition) is 0. The molecule has 0 atom stereocenters. The van der Waals surface area contributed by atoms with Crippen LogP contribution in [0.2, 0.25) is 5.02 Å². The van der Waals surface area contributed by atoms with Gasteiger partial charge in [0.05, 0.1) is 19.3 Å². The Morgan fingerprint density at radius 2 is 1.76 bits per heavy atom. The van der Waals surface area contributed by atoms with Crippen LogP contribution in [0.3, 0.4) is 0 Å². The van der Waals surface area contributed by atoms with Crippen molar-refractivity contribution >= 4 is 29.2 Å². The normalized spacial score (nSPS) is 13.5. The van der Waals surface area contributed by atoms with Crippen LogP contribution in [0.4, 0.5) is 0 Å². The molecule has 1 aliphatic heterocycles. The average Bonchev–Trinajstić information content (AvgIpc) is 3.31. The zero-order chi connectivity index (χ0) is 23.5.